The van der Waals surface area contributed by atoms with Crippen molar-refractivity contribution in [2.75, 3.05) is 56.9 Å². The molecular weight excluding hydrogens is 998 g/mol. The molecule has 1 atom stereocenters. The molecule has 2 aromatic carbocycles. The molecule has 0 radical (unpaired) electrons. The van der Waals surface area contributed by atoms with Crippen molar-refractivity contribution in [1.82, 2.24) is 25.0 Å². The van der Waals surface area contributed by atoms with Crippen molar-refractivity contribution in [3.63, 3.8) is 0 Å². The number of methoxy groups -OCH3 is 2. The molecule has 0 saturated heterocycles. The zero-order chi connectivity index (χ0) is 50.8. The maximum atomic E-state index is 12.6. The number of alkyl halides is 3. The molecule has 24 nitrogen and oxygen atoms in total. The standard InChI is InChI=1S/C14H7ClF3NO5.C14H17N5O7S2.C3H8NO5P.C3H9S/c15-10-5-7(14(16,17)18)1-4-12(10)24-8-2-3-11(19(22)23)9(6-8)13(20)21;1-4-27(21,22)9-6-5-7-15-12(9)28(23,24)19-14(20)18-13-16-10(25-2)8-11(17-13)26-3;5-3(6)1-4-2-10(7,8)9;1-4(2)3/h1-6H,(H,20,21);5-8H,4H2,1-3H3,(H2,16,17,18,19,20);4H,1-2H2,(H,5,6)(H2,7,8,9);1-3H3/q;;;+1/p-1. The largest absolute Gasteiger partial charge is 0.778 e. The summed E-state index contributed by atoms with van der Waals surface area (Å²) < 4.78 is 113. The van der Waals surface area contributed by atoms with Crippen LogP contribution < -0.4 is 34.5 Å². The maximum absolute atomic E-state index is 12.6. The van der Waals surface area contributed by atoms with Crippen LogP contribution in [0.25, 0.3) is 0 Å². The highest BCUT2D eigenvalue weighted by molar-refractivity contribution is 7.94. The first-order valence-corrected chi connectivity index (χ1v) is 25.1. The number of benzene rings is 2. The van der Waals surface area contributed by atoms with Gasteiger partial charge in [-0.05, 0) is 47.3 Å². The number of carbonyl (C=O) groups excluding carboxylic acids is 1. The Morgan fingerprint density at radius 2 is 1.55 bits per heavy atom. The minimum atomic E-state index is -4.61. The van der Waals surface area contributed by atoms with Crippen molar-refractivity contribution in [1.29, 1.82) is 0 Å². The van der Waals surface area contributed by atoms with Crippen LogP contribution in [0.3, 0.4) is 0 Å². The number of nitrogens with zero attached hydrogens (tertiary/aromatic N) is 4. The molecule has 6 N–H and O–H groups in total. The number of aliphatic carboxylic acids is 1. The van der Waals surface area contributed by atoms with Crippen LogP contribution in [0.4, 0.5) is 29.6 Å². The average molecular weight is 1040 g/mol. The predicted octanol–water partition coefficient (Wildman–Crippen LogP) is 3.61. The van der Waals surface area contributed by atoms with E-state index in [1.165, 1.54) is 33.3 Å². The minimum absolute atomic E-state index is 0.0612. The van der Waals surface area contributed by atoms with E-state index >= 15 is 0 Å². The SMILES string of the molecule is CCS(=O)(=O)c1cccnc1S(=O)(=O)NC(=O)Nc1nc(OC)cc(OC)n1.C[S+](C)C.O=C(O)CNCP(=O)([O-])O.O=C(O)c1cc(Oc2ccc(C(F)(F)F)cc2Cl)ccc1[N+](=O)[O-]. The van der Waals surface area contributed by atoms with Crippen molar-refractivity contribution >= 4 is 79.6 Å². The first-order chi connectivity index (χ1) is 30.4. The van der Waals surface area contributed by atoms with E-state index in [1.807, 2.05) is 5.32 Å². The number of nitro benzene ring substituents is 1. The van der Waals surface area contributed by atoms with Crippen LogP contribution in [-0.4, -0.2) is 121 Å². The van der Waals surface area contributed by atoms with Gasteiger partial charge in [0.2, 0.25) is 17.7 Å². The molecule has 66 heavy (non-hydrogen) atoms. The molecule has 2 heterocycles. The van der Waals surface area contributed by atoms with Gasteiger partial charge in [0.1, 0.15) is 29.6 Å². The molecule has 1 unspecified atom stereocenters. The molecule has 0 spiro atoms. The van der Waals surface area contributed by atoms with E-state index in [2.05, 4.69) is 39.0 Å². The van der Waals surface area contributed by atoms with Gasteiger partial charge in [0.15, 0.2) is 14.9 Å². The number of hydrogen-bond donors (Lipinski definition) is 6. The lowest BCUT2D eigenvalue weighted by Gasteiger charge is -2.14. The molecular formula is C34H40ClF3N7O17PS3. The summed E-state index contributed by atoms with van der Waals surface area (Å²) in [5.74, 6) is -3.53. The molecule has 2 amide bonds. The van der Waals surface area contributed by atoms with Gasteiger partial charge >= 0.3 is 24.1 Å². The molecule has 0 bridgehead atoms. The van der Waals surface area contributed by atoms with Gasteiger partial charge in [0, 0.05) is 18.3 Å². The number of anilines is 1. The summed E-state index contributed by atoms with van der Waals surface area (Å²) in [7, 11) is -9.56. The quantitative estimate of drug-likeness (QED) is 0.0428. The average Bonchev–Trinajstić information content (AvgIpc) is 3.20. The molecule has 2 aromatic heterocycles. The molecule has 32 heteroatoms. The van der Waals surface area contributed by atoms with E-state index in [0.29, 0.717) is 17.0 Å². The lowest BCUT2D eigenvalue weighted by Crippen LogP contribution is -2.36. The van der Waals surface area contributed by atoms with Gasteiger partial charge in [-0.15, -0.1) is 0 Å². The smallest absolute Gasteiger partial charge is 0.416 e. The second-order valence-corrected chi connectivity index (χ2v) is 20.7. The lowest BCUT2D eigenvalue weighted by atomic mass is 10.1. The summed E-state index contributed by atoms with van der Waals surface area (Å²) in [6.45, 7) is 0.874. The second kappa shape index (κ2) is 25.7. The third-order valence-corrected chi connectivity index (χ3v) is 10.8. The Morgan fingerprint density at radius 3 is 2.00 bits per heavy atom. The van der Waals surface area contributed by atoms with E-state index in [1.54, 1.807) is 4.72 Å². The topological polar surface area (TPSA) is 366 Å². The first kappa shape index (κ1) is 58.1. The normalized spacial score (nSPS) is 12.0. The van der Waals surface area contributed by atoms with Gasteiger partial charge in [-0.25, -0.2) is 27.7 Å². The number of nitrogens with one attached hydrogen (secondary N) is 3. The van der Waals surface area contributed by atoms with E-state index < -0.39 is 96.1 Å². The Labute approximate surface area is 381 Å². The fourth-order valence-corrected chi connectivity index (χ4v) is 7.20. The number of nitro groups is 1. The van der Waals surface area contributed by atoms with Crippen LogP contribution in [-0.2, 0) is 46.3 Å². The highest BCUT2D eigenvalue weighted by Crippen LogP contribution is 2.37. The summed E-state index contributed by atoms with van der Waals surface area (Å²) >= 11 is 5.72. The number of rotatable bonds is 15. The highest BCUT2D eigenvalue weighted by Gasteiger charge is 2.32. The molecule has 4 aromatic rings. The van der Waals surface area contributed by atoms with E-state index in [9.17, 15) is 64.0 Å². The third-order valence-electron chi connectivity index (χ3n) is 6.73. The summed E-state index contributed by atoms with van der Waals surface area (Å²) in [5, 5.41) is 30.7. The zero-order valence-corrected chi connectivity index (χ0v) is 39.0. The van der Waals surface area contributed by atoms with E-state index in [0.717, 1.165) is 42.6 Å². The maximum Gasteiger partial charge on any atom is 0.416 e. The number of halogens is 4. The number of sulfone groups is 1. The first-order valence-electron chi connectivity index (χ1n) is 17.4. The van der Waals surface area contributed by atoms with Gasteiger partial charge in [-0.2, -0.15) is 31.6 Å². The van der Waals surface area contributed by atoms with Crippen molar-refractivity contribution in [3.8, 4) is 23.3 Å². The molecule has 364 valence electrons. The van der Waals surface area contributed by atoms with Crippen LogP contribution in [0, 0.1) is 10.1 Å². The summed E-state index contributed by atoms with van der Waals surface area (Å²) in [6, 6.07) is 7.74. The number of sulfonamides is 1. The Kier molecular flexibility index (Phi) is 22.7. The number of pyridine rings is 1. The Balaban J connectivity index is 0.000000517. The van der Waals surface area contributed by atoms with Gasteiger partial charge in [-0.3, -0.25) is 25.5 Å². The monoisotopic (exact) mass is 1040 g/mol. The van der Waals surface area contributed by atoms with E-state index in [-0.39, 0.29) is 40.0 Å². The number of aromatic nitrogens is 3. The lowest BCUT2D eigenvalue weighted by molar-refractivity contribution is -0.385. The number of ether oxygens (including phenoxy) is 3. The van der Waals surface area contributed by atoms with Crippen LogP contribution in [0.5, 0.6) is 23.3 Å². The number of hydrogen-bond acceptors (Lipinski definition) is 18. The Bertz CT molecular complexity index is 2600. The summed E-state index contributed by atoms with van der Waals surface area (Å²) in [6.07, 6.45) is 2.39. The number of carboxylic acid groups (broad SMARTS) is 2. The van der Waals surface area contributed by atoms with Crippen molar-refractivity contribution in [2.45, 2.75) is 23.0 Å². The van der Waals surface area contributed by atoms with Gasteiger partial charge in [0.05, 0.1) is 73.1 Å². The number of amides is 2. The minimum Gasteiger partial charge on any atom is -0.778 e. The Hall–Kier alpha value is -5.88. The number of aromatic carboxylic acids is 1. The molecule has 0 aliphatic carbocycles. The van der Waals surface area contributed by atoms with Crippen LogP contribution in [0.15, 0.2) is 70.7 Å². The molecule has 0 saturated carbocycles. The van der Waals surface area contributed by atoms with Crippen LogP contribution >= 0.6 is 19.2 Å². The third kappa shape index (κ3) is 20.5. The Morgan fingerprint density at radius 1 is 0.970 bits per heavy atom. The molecule has 4 rings (SSSR count). The van der Waals surface area contributed by atoms with Gasteiger partial charge < -0.3 is 38.8 Å². The van der Waals surface area contributed by atoms with Crippen molar-refractivity contribution < 1.29 is 88.1 Å². The van der Waals surface area contributed by atoms with E-state index in [4.69, 9.17) is 40.9 Å². The predicted molar refractivity (Wildman–Crippen MR) is 228 cm³/mol. The molecule has 0 aliphatic rings. The fourth-order valence-electron chi connectivity index (χ4n) is 4.04. The van der Waals surface area contributed by atoms with Crippen LogP contribution in [0.2, 0.25) is 5.02 Å². The van der Waals surface area contributed by atoms with Crippen LogP contribution in [0.1, 0.15) is 22.8 Å². The van der Waals surface area contributed by atoms with Crippen molar-refractivity contribution in [2.24, 2.45) is 0 Å². The zero-order valence-electron chi connectivity index (χ0n) is 34.9. The van der Waals surface area contributed by atoms with Gasteiger partial charge in [0.25, 0.3) is 15.7 Å². The number of carbonyl (C=O) groups is 3. The van der Waals surface area contributed by atoms with Crippen molar-refractivity contribution in [3.05, 3.63) is 87.1 Å². The summed E-state index contributed by atoms with van der Waals surface area (Å²) in [4.78, 5) is 71.5. The van der Waals surface area contributed by atoms with Gasteiger partial charge in [-0.1, -0.05) is 18.5 Å². The summed E-state index contributed by atoms with van der Waals surface area (Å²) in [5.41, 5.74) is -2.25. The highest BCUT2D eigenvalue weighted by atomic mass is 35.5. The second-order valence-electron chi connectivity index (χ2n) is 12.4. The molecule has 0 aliphatic heterocycles. The fraction of sp³-hybridized carbons (Fsp3) is 0.294. The number of carboxylic acids is 2. The number of urea groups is 1. The molecule has 0 fully saturated rings.